The monoisotopic (exact) mass is 423 g/mol. The number of carbonyl (C=O) groups excluding carboxylic acids is 1. The van der Waals surface area contributed by atoms with Gasteiger partial charge in [-0.15, -0.1) is 0 Å². The Morgan fingerprint density at radius 1 is 1.32 bits per heavy atom. The fourth-order valence-corrected chi connectivity index (χ4v) is 3.26. The highest BCUT2D eigenvalue weighted by atomic mass is 19.1. The van der Waals surface area contributed by atoms with E-state index < -0.39 is 5.82 Å². The van der Waals surface area contributed by atoms with E-state index in [1.165, 1.54) is 18.2 Å². The third-order valence-electron chi connectivity index (χ3n) is 4.82. The molecule has 1 unspecified atom stereocenters. The number of halogens is 1. The first-order chi connectivity index (χ1) is 15.0. The summed E-state index contributed by atoms with van der Waals surface area (Å²) in [5, 5.41) is 12.9. The standard InChI is InChI=1S/C21H22FN7O2/c1-3-19(30)25-14-4-5-17(22)18(8-14)27-20-16(13-6-7-31-12-13)10-23-21(28-20)26-15-9-24-29(2)11-15/h3-5,8-11,13H,1,6-7,12H2,2H3,(H,25,30)(H2,23,26,27,28). The van der Waals surface area contributed by atoms with Crippen LogP contribution in [-0.4, -0.2) is 38.9 Å². The molecule has 3 aromatic rings. The van der Waals surface area contributed by atoms with Gasteiger partial charge in [-0.3, -0.25) is 9.48 Å². The number of nitrogens with one attached hydrogen (secondary N) is 3. The van der Waals surface area contributed by atoms with Gasteiger partial charge in [0.2, 0.25) is 11.9 Å². The number of rotatable bonds is 7. The number of benzene rings is 1. The van der Waals surface area contributed by atoms with Gasteiger partial charge in [0.25, 0.3) is 0 Å². The van der Waals surface area contributed by atoms with Crippen molar-refractivity contribution in [3.63, 3.8) is 0 Å². The van der Waals surface area contributed by atoms with Crippen molar-refractivity contribution in [3.05, 3.63) is 60.8 Å². The van der Waals surface area contributed by atoms with Gasteiger partial charge >= 0.3 is 0 Å². The van der Waals surface area contributed by atoms with Crippen LogP contribution in [0.5, 0.6) is 0 Å². The Kier molecular flexibility index (Phi) is 5.89. The predicted octanol–water partition coefficient (Wildman–Crippen LogP) is 3.46. The van der Waals surface area contributed by atoms with Gasteiger partial charge < -0.3 is 20.7 Å². The SMILES string of the molecule is C=CC(=O)Nc1ccc(F)c(Nc2nc(Nc3cnn(C)c3)ncc2C2CCOC2)c1. The molecule has 0 radical (unpaired) electrons. The molecule has 1 fully saturated rings. The molecule has 1 saturated heterocycles. The molecule has 1 amide bonds. The number of hydrogen-bond donors (Lipinski definition) is 3. The topological polar surface area (TPSA) is 106 Å². The zero-order chi connectivity index (χ0) is 21.8. The number of nitrogens with zero attached hydrogens (tertiary/aromatic N) is 4. The van der Waals surface area contributed by atoms with Crippen LogP contribution in [-0.2, 0) is 16.6 Å². The third kappa shape index (κ3) is 4.86. The Morgan fingerprint density at radius 3 is 2.90 bits per heavy atom. The quantitative estimate of drug-likeness (QED) is 0.500. The minimum atomic E-state index is -0.481. The molecule has 10 heteroatoms. The second-order valence-corrected chi connectivity index (χ2v) is 7.10. The van der Waals surface area contributed by atoms with E-state index in [1.54, 1.807) is 23.3 Å². The van der Waals surface area contributed by atoms with Crippen LogP contribution in [0.3, 0.4) is 0 Å². The van der Waals surface area contributed by atoms with Crippen LogP contribution in [0.15, 0.2) is 49.4 Å². The number of aryl methyl sites for hydroxylation is 1. The fraction of sp³-hybridized carbons (Fsp3) is 0.238. The molecule has 0 spiro atoms. The summed E-state index contributed by atoms with van der Waals surface area (Å²) >= 11 is 0. The molecule has 0 saturated carbocycles. The van der Waals surface area contributed by atoms with Crippen molar-refractivity contribution in [3.8, 4) is 0 Å². The molecule has 0 bridgehead atoms. The van der Waals surface area contributed by atoms with Gasteiger partial charge in [0.05, 0.1) is 24.2 Å². The van der Waals surface area contributed by atoms with Gasteiger partial charge in [0.1, 0.15) is 11.6 Å². The molecule has 9 nitrogen and oxygen atoms in total. The van der Waals surface area contributed by atoms with Crippen molar-refractivity contribution >= 4 is 34.7 Å². The van der Waals surface area contributed by atoms with Crippen molar-refractivity contribution in [2.45, 2.75) is 12.3 Å². The summed E-state index contributed by atoms with van der Waals surface area (Å²) < 4.78 is 21.7. The summed E-state index contributed by atoms with van der Waals surface area (Å²) in [5.41, 5.74) is 2.16. The highest BCUT2D eigenvalue weighted by Gasteiger charge is 2.23. The normalized spacial score (nSPS) is 15.5. The van der Waals surface area contributed by atoms with Crippen LogP contribution in [0.2, 0.25) is 0 Å². The molecule has 3 N–H and O–H groups in total. The van der Waals surface area contributed by atoms with Gasteiger partial charge in [-0.25, -0.2) is 9.37 Å². The largest absolute Gasteiger partial charge is 0.381 e. The Balaban J connectivity index is 1.66. The highest BCUT2D eigenvalue weighted by molar-refractivity contribution is 5.99. The fourth-order valence-electron chi connectivity index (χ4n) is 3.26. The van der Waals surface area contributed by atoms with Crippen molar-refractivity contribution in [2.75, 3.05) is 29.2 Å². The number of hydrogen-bond acceptors (Lipinski definition) is 7. The molecular weight excluding hydrogens is 401 g/mol. The lowest BCUT2D eigenvalue weighted by molar-refractivity contribution is -0.111. The Hall–Kier alpha value is -3.79. The molecule has 160 valence electrons. The molecule has 1 aliphatic rings. The van der Waals surface area contributed by atoms with E-state index in [9.17, 15) is 9.18 Å². The Bertz CT molecular complexity index is 1110. The summed E-state index contributed by atoms with van der Waals surface area (Å²) in [4.78, 5) is 20.6. The average molecular weight is 423 g/mol. The number of amides is 1. The first kappa shape index (κ1) is 20.5. The summed E-state index contributed by atoms with van der Waals surface area (Å²) in [5.74, 6) is 0.0382. The van der Waals surface area contributed by atoms with Gasteiger partial charge in [0.15, 0.2) is 0 Å². The van der Waals surface area contributed by atoms with E-state index in [1.807, 2.05) is 7.05 Å². The first-order valence-electron chi connectivity index (χ1n) is 9.72. The lowest BCUT2D eigenvalue weighted by Gasteiger charge is -2.17. The lowest BCUT2D eigenvalue weighted by Crippen LogP contribution is -2.10. The minimum Gasteiger partial charge on any atom is -0.381 e. The summed E-state index contributed by atoms with van der Waals surface area (Å²) in [6.45, 7) is 4.62. The molecular formula is C21H22FN7O2. The molecule has 0 aliphatic carbocycles. The van der Waals surface area contributed by atoms with Gasteiger partial charge in [0, 0.05) is 43.2 Å². The maximum absolute atomic E-state index is 14.5. The zero-order valence-corrected chi connectivity index (χ0v) is 16.9. The molecule has 3 heterocycles. The first-order valence-corrected chi connectivity index (χ1v) is 9.72. The van der Waals surface area contributed by atoms with Gasteiger partial charge in [-0.2, -0.15) is 10.1 Å². The number of ether oxygens (including phenoxy) is 1. The van der Waals surface area contributed by atoms with Crippen molar-refractivity contribution in [2.24, 2.45) is 7.05 Å². The minimum absolute atomic E-state index is 0.0988. The molecule has 1 aromatic carbocycles. The van der Waals surface area contributed by atoms with E-state index in [0.717, 1.165) is 23.7 Å². The van der Waals surface area contributed by atoms with Crippen molar-refractivity contribution in [1.29, 1.82) is 0 Å². The van der Waals surface area contributed by atoms with Crippen molar-refractivity contribution in [1.82, 2.24) is 19.7 Å². The van der Waals surface area contributed by atoms with Crippen molar-refractivity contribution < 1.29 is 13.9 Å². The predicted molar refractivity (Wildman–Crippen MR) is 115 cm³/mol. The van der Waals surface area contributed by atoms with Crippen LogP contribution < -0.4 is 16.0 Å². The summed E-state index contributed by atoms with van der Waals surface area (Å²) in [6, 6.07) is 4.25. The van der Waals surface area contributed by atoms with Crippen LogP contribution in [0.1, 0.15) is 17.9 Å². The van der Waals surface area contributed by atoms with Gasteiger partial charge in [-0.05, 0) is 30.7 Å². The molecule has 1 aliphatic heterocycles. The highest BCUT2D eigenvalue weighted by Crippen LogP contribution is 2.33. The second-order valence-electron chi connectivity index (χ2n) is 7.10. The molecule has 4 rings (SSSR count). The smallest absolute Gasteiger partial charge is 0.247 e. The van der Waals surface area contributed by atoms with Crippen LogP contribution in [0.4, 0.5) is 33.2 Å². The van der Waals surface area contributed by atoms with Crippen LogP contribution in [0.25, 0.3) is 0 Å². The average Bonchev–Trinajstić information content (AvgIpc) is 3.43. The second kappa shape index (κ2) is 8.92. The Labute approximate surface area is 178 Å². The summed E-state index contributed by atoms with van der Waals surface area (Å²) in [7, 11) is 1.81. The molecule has 31 heavy (non-hydrogen) atoms. The van der Waals surface area contributed by atoms with Crippen LogP contribution >= 0.6 is 0 Å². The number of aromatic nitrogens is 4. The maximum Gasteiger partial charge on any atom is 0.247 e. The lowest BCUT2D eigenvalue weighted by atomic mass is 10.0. The molecule has 2 aromatic heterocycles. The Morgan fingerprint density at radius 2 is 2.19 bits per heavy atom. The van der Waals surface area contributed by atoms with Gasteiger partial charge in [-0.1, -0.05) is 6.58 Å². The van der Waals surface area contributed by atoms with E-state index in [2.05, 4.69) is 37.6 Å². The van der Waals surface area contributed by atoms with Crippen LogP contribution in [0, 0.1) is 5.82 Å². The van der Waals surface area contributed by atoms with E-state index >= 15 is 0 Å². The number of anilines is 5. The maximum atomic E-state index is 14.5. The molecule has 1 atom stereocenters. The van der Waals surface area contributed by atoms with E-state index in [-0.39, 0.29) is 17.5 Å². The van der Waals surface area contributed by atoms with E-state index in [4.69, 9.17) is 4.74 Å². The third-order valence-corrected chi connectivity index (χ3v) is 4.82. The van der Waals surface area contributed by atoms with E-state index in [0.29, 0.717) is 30.7 Å². The zero-order valence-electron chi connectivity index (χ0n) is 16.9. The number of carbonyl (C=O) groups is 1. The summed E-state index contributed by atoms with van der Waals surface area (Å²) in [6.07, 6.45) is 7.14.